The Labute approximate surface area is 89.0 Å². The Kier molecular flexibility index (Phi) is 2.33. The molecule has 0 aromatic heterocycles. The number of benzene rings is 1. The summed E-state index contributed by atoms with van der Waals surface area (Å²) in [6, 6.07) is 3.63. The van der Waals surface area contributed by atoms with Gasteiger partial charge in [-0.15, -0.1) is 0 Å². The monoisotopic (exact) mass is 257 g/mol. The molecular weight excluding hydrogens is 250 g/mol. The number of halogens is 1. The van der Waals surface area contributed by atoms with Crippen LogP contribution >= 0.6 is 15.9 Å². The van der Waals surface area contributed by atoms with E-state index in [0.717, 1.165) is 16.5 Å². The average molecular weight is 258 g/mol. The van der Waals surface area contributed by atoms with Gasteiger partial charge in [-0.05, 0) is 12.1 Å². The number of hydrogen-bond donors (Lipinski definition) is 2. The van der Waals surface area contributed by atoms with Gasteiger partial charge in [-0.1, -0.05) is 15.9 Å². The highest BCUT2D eigenvalue weighted by molar-refractivity contribution is 9.10. The molecule has 2 rings (SSSR count). The summed E-state index contributed by atoms with van der Waals surface area (Å²) in [6.07, 6.45) is -0.260. The number of nitrogens with one attached hydrogen (secondary N) is 1. The van der Waals surface area contributed by atoms with Crippen molar-refractivity contribution in [3.63, 3.8) is 0 Å². The minimum Gasteiger partial charge on any atom is -0.491 e. The van der Waals surface area contributed by atoms with Crippen LogP contribution in [0.1, 0.15) is 5.56 Å². The first-order valence-corrected chi connectivity index (χ1v) is 4.91. The van der Waals surface area contributed by atoms with Gasteiger partial charge >= 0.3 is 6.09 Å². The van der Waals surface area contributed by atoms with E-state index in [-0.39, 0.29) is 0 Å². The maximum absolute atomic E-state index is 10.5. The lowest BCUT2D eigenvalue weighted by Gasteiger charge is -2.07. The smallest absolute Gasteiger partial charge is 0.409 e. The zero-order chi connectivity index (χ0) is 10.1. The first-order chi connectivity index (χ1) is 6.66. The van der Waals surface area contributed by atoms with Gasteiger partial charge in [-0.2, -0.15) is 0 Å². The molecule has 1 aliphatic heterocycles. The van der Waals surface area contributed by atoms with Gasteiger partial charge in [0.25, 0.3) is 0 Å². The standard InChI is InChI=1S/C9H8BrNO3/c10-6-3-5-1-2-14-8(5)7(4-6)11-9(12)13/h3-4,11H,1-2H2,(H,12,13). The third-order valence-electron chi connectivity index (χ3n) is 1.99. The topological polar surface area (TPSA) is 58.6 Å². The summed E-state index contributed by atoms with van der Waals surface area (Å²) in [6.45, 7) is 0.611. The summed E-state index contributed by atoms with van der Waals surface area (Å²) in [5.74, 6) is 0.649. The van der Waals surface area contributed by atoms with Crippen molar-refractivity contribution in [1.82, 2.24) is 0 Å². The SMILES string of the molecule is O=C(O)Nc1cc(Br)cc2c1OCC2. The third kappa shape index (κ3) is 1.68. The van der Waals surface area contributed by atoms with E-state index in [1.807, 2.05) is 6.07 Å². The second-order valence-corrected chi connectivity index (χ2v) is 3.89. The molecule has 0 atom stereocenters. The fraction of sp³-hybridized carbons (Fsp3) is 0.222. The van der Waals surface area contributed by atoms with Gasteiger partial charge in [0.1, 0.15) is 5.75 Å². The molecule has 0 radical (unpaired) electrons. The molecule has 0 saturated carbocycles. The van der Waals surface area contributed by atoms with Crippen molar-refractivity contribution >= 4 is 27.7 Å². The Bertz CT molecular complexity index is 392. The predicted molar refractivity (Wildman–Crippen MR) is 55.0 cm³/mol. The number of amides is 1. The molecule has 0 spiro atoms. The van der Waals surface area contributed by atoms with Gasteiger partial charge in [0.2, 0.25) is 0 Å². The lowest BCUT2D eigenvalue weighted by molar-refractivity contribution is 0.209. The van der Waals surface area contributed by atoms with Crippen molar-refractivity contribution < 1.29 is 14.6 Å². The van der Waals surface area contributed by atoms with Crippen LogP contribution in [0.25, 0.3) is 0 Å². The molecule has 0 saturated heterocycles. The van der Waals surface area contributed by atoms with Crippen LogP contribution in [0.3, 0.4) is 0 Å². The Hall–Kier alpha value is -1.23. The number of ether oxygens (including phenoxy) is 1. The lowest BCUT2D eigenvalue weighted by atomic mass is 10.1. The molecule has 0 unspecified atom stereocenters. The van der Waals surface area contributed by atoms with Crippen molar-refractivity contribution in [3.05, 3.63) is 22.2 Å². The zero-order valence-corrected chi connectivity index (χ0v) is 8.80. The number of carbonyl (C=O) groups is 1. The largest absolute Gasteiger partial charge is 0.491 e. The number of carboxylic acid groups (broad SMARTS) is 1. The van der Waals surface area contributed by atoms with E-state index in [4.69, 9.17) is 9.84 Å². The maximum atomic E-state index is 10.5. The highest BCUT2D eigenvalue weighted by Crippen LogP contribution is 2.36. The summed E-state index contributed by atoms with van der Waals surface area (Å²) in [7, 11) is 0. The predicted octanol–water partition coefficient (Wildman–Crippen LogP) is 2.47. The average Bonchev–Trinajstić information content (AvgIpc) is 2.50. The van der Waals surface area contributed by atoms with E-state index in [0.29, 0.717) is 18.0 Å². The highest BCUT2D eigenvalue weighted by Gasteiger charge is 2.18. The summed E-state index contributed by atoms with van der Waals surface area (Å²) < 4.78 is 6.19. The molecular formula is C9H8BrNO3. The van der Waals surface area contributed by atoms with E-state index in [1.165, 1.54) is 0 Å². The van der Waals surface area contributed by atoms with Crippen molar-refractivity contribution in [3.8, 4) is 5.75 Å². The second-order valence-electron chi connectivity index (χ2n) is 2.97. The molecule has 1 aliphatic rings. The maximum Gasteiger partial charge on any atom is 0.409 e. The molecule has 0 aliphatic carbocycles. The Morgan fingerprint density at radius 1 is 1.57 bits per heavy atom. The quantitative estimate of drug-likeness (QED) is 0.813. The lowest BCUT2D eigenvalue weighted by Crippen LogP contribution is -2.08. The zero-order valence-electron chi connectivity index (χ0n) is 7.21. The number of hydrogen-bond acceptors (Lipinski definition) is 2. The summed E-state index contributed by atoms with van der Waals surface area (Å²) in [5.41, 5.74) is 1.53. The van der Waals surface area contributed by atoms with Gasteiger partial charge in [0, 0.05) is 16.5 Å². The molecule has 14 heavy (non-hydrogen) atoms. The molecule has 1 amide bonds. The van der Waals surface area contributed by atoms with Crippen LogP contribution in [0, 0.1) is 0 Å². The van der Waals surface area contributed by atoms with Crippen LogP contribution in [0.5, 0.6) is 5.75 Å². The Balaban J connectivity index is 2.43. The Morgan fingerprint density at radius 3 is 3.07 bits per heavy atom. The minimum absolute atomic E-state index is 0.499. The van der Waals surface area contributed by atoms with Crippen LogP contribution in [0.2, 0.25) is 0 Å². The minimum atomic E-state index is -1.08. The van der Waals surface area contributed by atoms with E-state index in [1.54, 1.807) is 6.07 Å². The van der Waals surface area contributed by atoms with Crippen molar-refractivity contribution in [2.45, 2.75) is 6.42 Å². The first-order valence-electron chi connectivity index (χ1n) is 4.12. The molecule has 1 heterocycles. The van der Waals surface area contributed by atoms with Crippen LogP contribution < -0.4 is 10.1 Å². The van der Waals surface area contributed by atoms with Gasteiger partial charge < -0.3 is 9.84 Å². The van der Waals surface area contributed by atoms with E-state index in [2.05, 4.69) is 21.2 Å². The van der Waals surface area contributed by atoms with Crippen LogP contribution in [0.15, 0.2) is 16.6 Å². The molecule has 5 heteroatoms. The van der Waals surface area contributed by atoms with Crippen molar-refractivity contribution in [1.29, 1.82) is 0 Å². The number of rotatable bonds is 1. The second kappa shape index (κ2) is 3.49. The van der Waals surface area contributed by atoms with E-state index in [9.17, 15) is 4.79 Å². The van der Waals surface area contributed by atoms with Gasteiger partial charge in [0.05, 0.1) is 12.3 Å². The summed E-state index contributed by atoms with van der Waals surface area (Å²) in [5, 5.41) is 10.9. The normalized spacial score (nSPS) is 13.2. The molecule has 1 aromatic carbocycles. The number of anilines is 1. The summed E-state index contributed by atoms with van der Waals surface area (Å²) >= 11 is 3.32. The van der Waals surface area contributed by atoms with E-state index < -0.39 is 6.09 Å². The Morgan fingerprint density at radius 2 is 2.36 bits per heavy atom. The molecule has 74 valence electrons. The molecule has 2 N–H and O–H groups in total. The molecule has 4 nitrogen and oxygen atoms in total. The summed E-state index contributed by atoms with van der Waals surface area (Å²) in [4.78, 5) is 10.5. The van der Waals surface area contributed by atoms with E-state index >= 15 is 0 Å². The molecule has 0 bridgehead atoms. The fourth-order valence-electron chi connectivity index (χ4n) is 1.48. The van der Waals surface area contributed by atoms with Gasteiger partial charge in [-0.3, -0.25) is 5.32 Å². The first kappa shape index (κ1) is 9.33. The van der Waals surface area contributed by atoms with Crippen molar-refractivity contribution in [2.75, 3.05) is 11.9 Å². The molecule has 0 fully saturated rings. The van der Waals surface area contributed by atoms with Gasteiger partial charge in [0.15, 0.2) is 0 Å². The van der Waals surface area contributed by atoms with Gasteiger partial charge in [-0.25, -0.2) is 4.79 Å². The van der Waals surface area contributed by atoms with Crippen LogP contribution in [-0.4, -0.2) is 17.8 Å². The molecule has 1 aromatic rings. The number of fused-ring (bicyclic) bond motifs is 1. The van der Waals surface area contributed by atoms with Crippen molar-refractivity contribution in [2.24, 2.45) is 0 Å². The van der Waals surface area contributed by atoms with Crippen LogP contribution in [-0.2, 0) is 6.42 Å². The highest BCUT2D eigenvalue weighted by atomic mass is 79.9. The third-order valence-corrected chi connectivity index (χ3v) is 2.45. The fourth-order valence-corrected chi connectivity index (χ4v) is 1.98. The van der Waals surface area contributed by atoms with Crippen LogP contribution in [0.4, 0.5) is 10.5 Å².